The maximum Gasteiger partial charge on any atom is 0.410 e. The summed E-state index contributed by atoms with van der Waals surface area (Å²) in [4.78, 5) is 139. The molecule has 3 rings (SSSR count). The number of amides is 10. The summed E-state index contributed by atoms with van der Waals surface area (Å²) in [6.45, 7) is 22.5. The number of carbonyl (C=O) groups excluding carboxylic acids is 10. The van der Waals surface area contributed by atoms with Crippen LogP contribution >= 0.6 is 0 Å². The first-order valence-corrected chi connectivity index (χ1v) is 31.2. The first-order valence-electron chi connectivity index (χ1n) is 31.2. The van der Waals surface area contributed by atoms with Crippen LogP contribution in [0.4, 0.5) is 20.1 Å². The number of likely N-dealkylation sites (tertiary alicyclic amines) is 1. The molecule has 92 heavy (non-hydrogen) atoms. The van der Waals surface area contributed by atoms with Gasteiger partial charge < -0.3 is 81.3 Å². The van der Waals surface area contributed by atoms with Crippen molar-refractivity contribution < 1.29 is 81.8 Å². The predicted octanol–water partition coefficient (Wildman–Crippen LogP) is 4.61. The van der Waals surface area contributed by atoms with Gasteiger partial charge in [-0.15, -0.1) is 0 Å². The fourth-order valence-electron chi connectivity index (χ4n) is 10.9. The largest absolute Gasteiger partial charge is 0.458 e. The van der Waals surface area contributed by atoms with E-state index in [-0.39, 0.29) is 64.3 Å². The molecule has 10 atom stereocenters. The molecular formula is C65H102N10O17. The zero-order valence-corrected chi connectivity index (χ0v) is 56.3. The smallest absolute Gasteiger partial charge is 0.410 e. The van der Waals surface area contributed by atoms with E-state index in [1.807, 2.05) is 13.8 Å². The zero-order chi connectivity index (χ0) is 69.4. The van der Waals surface area contributed by atoms with E-state index in [0.717, 1.165) is 4.90 Å². The normalized spacial score (nSPS) is 17.2. The topological polar surface area (TPSA) is 365 Å². The van der Waals surface area contributed by atoms with Gasteiger partial charge in [0.2, 0.25) is 41.2 Å². The van der Waals surface area contributed by atoms with E-state index in [2.05, 4.69) is 38.5 Å². The third-order valence-electron chi connectivity index (χ3n) is 15.9. The van der Waals surface area contributed by atoms with Crippen molar-refractivity contribution in [2.45, 2.75) is 194 Å². The highest BCUT2D eigenvalue weighted by molar-refractivity contribution is 5.98. The second-order valence-corrected chi connectivity index (χ2v) is 25.4. The zero-order valence-electron chi connectivity index (χ0n) is 56.3. The number of hydrogen-bond donors (Lipinski definition) is 9. The van der Waals surface area contributed by atoms with Crippen molar-refractivity contribution >= 4 is 65.3 Å². The molecule has 1 saturated heterocycles. The van der Waals surface area contributed by atoms with Gasteiger partial charge in [0.05, 0.1) is 25.0 Å². The van der Waals surface area contributed by atoms with E-state index >= 15 is 0 Å². The molecule has 1 unspecified atom stereocenters. The molecule has 27 heteroatoms. The fraction of sp³-hybridized carbons (Fsp3) is 0.631. The highest BCUT2D eigenvalue weighted by Gasteiger charge is 2.51. The quantitative estimate of drug-likeness (QED) is 0.0150. The van der Waals surface area contributed by atoms with Gasteiger partial charge in [-0.05, 0) is 93.4 Å². The lowest BCUT2D eigenvalue weighted by molar-refractivity contribution is -0.190. The Bertz CT molecular complexity index is 2800. The number of methoxy groups -OCH3 is 2. The highest BCUT2D eigenvalue weighted by Crippen LogP contribution is 2.35. The average molecular weight is 1300 g/mol. The SMILES string of the molecule is C=CCOC(=O)[C@@](O)(Cc1ccccc1)NC(=O)C[C@@H](OC)[C@@]1(O)CCCN1C(=O)C[C@@H](OC)[C@H]([C@@H](C)CC)N(C)C(=O)[C@@H](NC(=O)[C@H](C(C)C)N(C)C(=O)OCc1ccc(NC(=O)[C@H](CCCNC(N)=O)NC(=O)C(NC(=O)OC(C)(C)C)C(C)C)cc1)C(C)C. The van der Waals surface area contributed by atoms with Crippen molar-refractivity contribution in [2.75, 3.05) is 53.3 Å². The van der Waals surface area contributed by atoms with Crippen LogP contribution in [0.3, 0.4) is 0 Å². The molecule has 0 spiro atoms. The molecule has 0 aromatic heterocycles. The van der Waals surface area contributed by atoms with Crippen LogP contribution in [0.15, 0.2) is 67.3 Å². The van der Waals surface area contributed by atoms with Gasteiger partial charge in [0.15, 0.2) is 5.72 Å². The Morgan fingerprint density at radius 3 is 1.96 bits per heavy atom. The maximum atomic E-state index is 14.8. The molecule has 1 aliphatic rings. The van der Waals surface area contributed by atoms with Crippen molar-refractivity contribution in [3.8, 4) is 0 Å². The summed E-state index contributed by atoms with van der Waals surface area (Å²) in [7, 11) is 5.63. The summed E-state index contributed by atoms with van der Waals surface area (Å²) in [6.07, 6.45) is -2.72. The Kier molecular flexibility index (Phi) is 31.0. The number of nitrogens with zero attached hydrogens (tertiary/aromatic N) is 3. The summed E-state index contributed by atoms with van der Waals surface area (Å²) in [6, 6.07) is 8.82. The number of primary amides is 1. The molecule has 27 nitrogen and oxygen atoms in total. The Morgan fingerprint density at radius 2 is 1.41 bits per heavy atom. The lowest BCUT2D eigenvalue weighted by Gasteiger charge is -2.42. The van der Waals surface area contributed by atoms with Gasteiger partial charge in [0.25, 0.3) is 0 Å². The minimum Gasteiger partial charge on any atom is -0.458 e. The van der Waals surface area contributed by atoms with Gasteiger partial charge in [0.1, 0.15) is 49.1 Å². The molecule has 1 fully saturated rings. The van der Waals surface area contributed by atoms with Crippen molar-refractivity contribution in [2.24, 2.45) is 29.4 Å². The lowest BCUT2D eigenvalue weighted by Crippen LogP contribution is -2.61. The molecule has 2 aromatic rings. The monoisotopic (exact) mass is 1290 g/mol. The molecule has 0 bridgehead atoms. The van der Waals surface area contributed by atoms with Crippen molar-refractivity contribution in [1.82, 2.24) is 41.3 Å². The van der Waals surface area contributed by atoms with Crippen LogP contribution in [0.25, 0.3) is 0 Å². The highest BCUT2D eigenvalue weighted by atomic mass is 16.6. The molecule has 1 aliphatic heterocycles. The second-order valence-electron chi connectivity index (χ2n) is 25.4. The van der Waals surface area contributed by atoms with Crippen LogP contribution < -0.4 is 37.6 Å². The third-order valence-corrected chi connectivity index (χ3v) is 15.9. The average Bonchev–Trinajstić information content (AvgIpc) is 1.58. The molecule has 10 N–H and O–H groups in total. The first-order chi connectivity index (χ1) is 43.1. The predicted molar refractivity (Wildman–Crippen MR) is 342 cm³/mol. The van der Waals surface area contributed by atoms with E-state index in [4.69, 9.17) is 29.4 Å². The van der Waals surface area contributed by atoms with E-state index in [1.54, 1.807) is 124 Å². The lowest BCUT2D eigenvalue weighted by atomic mass is 9.89. The van der Waals surface area contributed by atoms with Gasteiger partial charge in [0, 0.05) is 53.5 Å². The number of hydrogen-bond acceptors (Lipinski definition) is 17. The number of nitrogens with one attached hydrogen (secondary N) is 6. The Balaban J connectivity index is 1.75. The molecule has 2 aromatic carbocycles. The molecule has 514 valence electrons. The molecule has 0 aliphatic carbocycles. The number of urea groups is 1. The van der Waals surface area contributed by atoms with E-state index < -0.39 is 143 Å². The minimum absolute atomic E-state index is 0.0113. The van der Waals surface area contributed by atoms with Gasteiger partial charge in [-0.1, -0.05) is 117 Å². The number of aliphatic hydroxyl groups is 2. The summed E-state index contributed by atoms with van der Waals surface area (Å²) >= 11 is 0. The van der Waals surface area contributed by atoms with Crippen LogP contribution in [0.2, 0.25) is 0 Å². The second kappa shape index (κ2) is 36.4. The number of anilines is 1. The molecule has 10 amide bonds. The Hall–Kier alpha value is -7.88. The van der Waals surface area contributed by atoms with Gasteiger partial charge in [-0.25, -0.2) is 19.2 Å². The van der Waals surface area contributed by atoms with E-state index in [9.17, 15) is 58.2 Å². The number of nitrogens with two attached hydrogens (primary N) is 1. The van der Waals surface area contributed by atoms with Crippen molar-refractivity contribution in [1.29, 1.82) is 0 Å². The van der Waals surface area contributed by atoms with E-state index in [0.29, 0.717) is 29.7 Å². The minimum atomic E-state index is -2.52. The maximum absolute atomic E-state index is 14.8. The summed E-state index contributed by atoms with van der Waals surface area (Å²) < 4.78 is 27.8. The van der Waals surface area contributed by atoms with Crippen molar-refractivity contribution in [3.05, 3.63) is 78.4 Å². The summed E-state index contributed by atoms with van der Waals surface area (Å²) in [5, 5.41) is 39.6. The number of esters is 1. The molecule has 1 heterocycles. The molecule has 0 saturated carbocycles. The number of rotatable bonds is 35. The van der Waals surface area contributed by atoms with Crippen molar-refractivity contribution in [3.63, 3.8) is 0 Å². The van der Waals surface area contributed by atoms with Gasteiger partial charge in [-0.2, -0.15) is 0 Å². The number of ether oxygens (including phenoxy) is 5. The van der Waals surface area contributed by atoms with Crippen LogP contribution in [-0.4, -0.2) is 192 Å². The summed E-state index contributed by atoms with van der Waals surface area (Å²) in [5.74, 6) is -6.62. The number of likely N-dealkylation sites (N-methyl/N-ethyl adjacent to an activating group) is 2. The first kappa shape index (κ1) is 78.4. The van der Waals surface area contributed by atoms with Crippen LogP contribution in [0.5, 0.6) is 0 Å². The van der Waals surface area contributed by atoms with E-state index in [1.165, 1.54) is 37.1 Å². The van der Waals surface area contributed by atoms with Crippen LogP contribution in [-0.2, 0) is 70.3 Å². The standard InChI is InChI=1S/C65H102N10O17/c1-17-34-90-59(82)64(86,37-43-24-20-19-21-25-43)72-49(76)36-48(89-16)65(87)31-23-33-75(65)50(77)35-47(88-15)54(42(9)18-2)73(13)58(81)52(40(5)6)70-57(80)53(41(7)8)74(14)62(85)91-38-44-27-29-45(30-28-44)68-55(78)46(26-22-32-67-60(66)83)69-56(79)51(39(3)4)71-61(84)92-63(10,11)12/h17,19-21,24-25,27-30,39-42,46-48,51-54,86-87H,1,18,22-23,26,31-38H2,2-16H3,(H,68,78)(H,69,79)(H,70,80)(H,71,84)(H,72,76)(H3,66,67,83)/t42-,46-,47+,48+,51?,52-,53-,54-,64-,65-/m0/s1. The third kappa shape index (κ3) is 23.4. The fourth-order valence-corrected chi connectivity index (χ4v) is 10.9. The molecule has 0 radical (unpaired) electrons. The van der Waals surface area contributed by atoms with Gasteiger partial charge in [-0.3, -0.25) is 33.7 Å². The van der Waals surface area contributed by atoms with Crippen LogP contribution in [0.1, 0.15) is 132 Å². The van der Waals surface area contributed by atoms with Crippen LogP contribution in [0, 0.1) is 23.7 Å². The number of benzene rings is 2. The molecular weight excluding hydrogens is 1190 g/mol. The number of alkyl carbamates (subject to hydrolysis) is 1. The Morgan fingerprint density at radius 1 is 0.783 bits per heavy atom. The number of carbonyl (C=O) groups is 10. The van der Waals surface area contributed by atoms with Gasteiger partial charge >= 0.3 is 24.2 Å². The Labute approximate surface area is 541 Å². The summed E-state index contributed by atoms with van der Waals surface area (Å²) in [5.41, 5.74) is 1.18.